The molecule has 0 amide bonds. The van der Waals surface area contributed by atoms with Crippen LogP contribution < -0.4 is 0 Å². The Bertz CT molecular complexity index is 1410. The minimum Gasteiger partial charge on any atom is -0.505 e. The van der Waals surface area contributed by atoms with Crippen LogP contribution in [0.2, 0.25) is 0 Å². The number of allylic oxidation sites excluding steroid dienone is 1. The first-order valence-electron chi connectivity index (χ1n) is 9.11. The third-order valence-corrected chi connectivity index (χ3v) is 6.61. The first kappa shape index (κ1) is 20.9. The molecule has 162 valence electrons. The molecule has 0 unspecified atom stereocenters. The molecule has 2 heterocycles. The summed E-state index contributed by atoms with van der Waals surface area (Å²) in [5.74, 6) is -1.19. The van der Waals surface area contributed by atoms with Gasteiger partial charge in [0.2, 0.25) is 5.78 Å². The molecule has 0 saturated heterocycles. The zero-order chi connectivity index (χ0) is 23.0. The molecule has 0 atom stereocenters. The van der Waals surface area contributed by atoms with E-state index in [-0.39, 0.29) is 27.5 Å². The van der Waals surface area contributed by atoms with E-state index >= 15 is 0 Å². The number of aliphatic hydroxyl groups is 1. The molecule has 0 fully saturated rings. The maximum atomic E-state index is 12.7. The minimum absolute atomic E-state index is 0.0477. The Kier molecular flexibility index (Phi) is 5.06. The molecule has 1 aliphatic rings. The molecule has 11 nitrogen and oxygen atoms in total. The lowest BCUT2D eigenvalue weighted by Gasteiger charge is -2.27. The Morgan fingerprint density at radius 3 is 2.53 bits per heavy atom. The molecule has 1 N–H and O–H groups in total. The lowest BCUT2D eigenvalue weighted by atomic mass is 10.1. The standard InChI is InChI=1S/C20H15N5O6S/c1-23-19(20(27)16-4-2-3-5-18(16)32(23,30)31)17(26)11-6-13-12-24(22-21-13)14-7-9-15(10-8-14)25(28)29/h2-12,27H,1H3/b11-6+. The number of rotatable bonds is 5. The normalized spacial score (nSPS) is 15.1. The summed E-state index contributed by atoms with van der Waals surface area (Å²) in [4.78, 5) is 22.9. The third-order valence-electron chi connectivity index (χ3n) is 4.79. The molecular weight excluding hydrogens is 438 g/mol. The Balaban J connectivity index is 1.61. The number of sulfonamides is 1. The number of fused-ring (bicyclic) bond motifs is 1. The Labute approximate surface area is 181 Å². The maximum Gasteiger partial charge on any atom is 0.269 e. The molecule has 1 aromatic heterocycles. The molecule has 1 aliphatic heterocycles. The molecule has 0 saturated carbocycles. The summed E-state index contributed by atoms with van der Waals surface area (Å²) in [6.45, 7) is 0. The third kappa shape index (κ3) is 3.52. The zero-order valence-electron chi connectivity index (χ0n) is 16.5. The first-order valence-corrected chi connectivity index (χ1v) is 10.6. The molecule has 0 radical (unpaired) electrons. The van der Waals surface area contributed by atoms with Crippen molar-refractivity contribution in [2.45, 2.75) is 4.90 Å². The summed E-state index contributed by atoms with van der Waals surface area (Å²) >= 11 is 0. The van der Waals surface area contributed by atoms with Gasteiger partial charge in [-0.1, -0.05) is 17.3 Å². The Morgan fingerprint density at radius 2 is 1.84 bits per heavy atom. The summed E-state index contributed by atoms with van der Waals surface area (Å²) < 4.78 is 27.5. The van der Waals surface area contributed by atoms with Gasteiger partial charge in [0.05, 0.1) is 21.7 Å². The van der Waals surface area contributed by atoms with Gasteiger partial charge in [-0.15, -0.1) is 5.10 Å². The lowest BCUT2D eigenvalue weighted by Crippen LogP contribution is -2.34. The first-order chi connectivity index (χ1) is 15.2. The minimum atomic E-state index is -3.99. The monoisotopic (exact) mass is 453 g/mol. The van der Waals surface area contributed by atoms with Crippen LogP contribution in [0.3, 0.4) is 0 Å². The van der Waals surface area contributed by atoms with Gasteiger partial charge in [-0.25, -0.2) is 13.1 Å². The van der Waals surface area contributed by atoms with Gasteiger partial charge in [0.1, 0.15) is 11.4 Å². The highest BCUT2D eigenvalue weighted by atomic mass is 32.2. The molecule has 0 aliphatic carbocycles. The van der Waals surface area contributed by atoms with Crippen LogP contribution in [0, 0.1) is 10.1 Å². The summed E-state index contributed by atoms with van der Waals surface area (Å²) in [5, 5.41) is 29.1. The van der Waals surface area contributed by atoms with Crippen LogP contribution in [-0.2, 0) is 14.8 Å². The van der Waals surface area contributed by atoms with Crippen LogP contribution in [0.1, 0.15) is 11.3 Å². The van der Waals surface area contributed by atoms with E-state index in [9.17, 15) is 28.4 Å². The van der Waals surface area contributed by atoms with Gasteiger partial charge < -0.3 is 5.11 Å². The van der Waals surface area contributed by atoms with Crippen molar-refractivity contribution in [1.29, 1.82) is 0 Å². The molecule has 32 heavy (non-hydrogen) atoms. The second-order valence-corrected chi connectivity index (χ2v) is 8.66. The number of non-ortho nitro benzene ring substituents is 1. The zero-order valence-corrected chi connectivity index (χ0v) is 17.3. The molecule has 2 aromatic carbocycles. The summed E-state index contributed by atoms with van der Waals surface area (Å²) in [7, 11) is -2.80. The van der Waals surface area contributed by atoms with Gasteiger partial charge in [-0.3, -0.25) is 19.2 Å². The van der Waals surface area contributed by atoms with E-state index < -0.39 is 26.5 Å². The van der Waals surface area contributed by atoms with E-state index in [0.717, 1.165) is 10.4 Å². The molecule has 12 heteroatoms. The van der Waals surface area contributed by atoms with Crippen LogP contribution in [0.25, 0.3) is 17.5 Å². The van der Waals surface area contributed by atoms with E-state index in [4.69, 9.17) is 0 Å². The number of hydrogen-bond acceptors (Lipinski definition) is 8. The van der Waals surface area contributed by atoms with Gasteiger partial charge in [0.15, 0.2) is 5.76 Å². The largest absolute Gasteiger partial charge is 0.505 e. The van der Waals surface area contributed by atoms with Crippen molar-refractivity contribution < 1.29 is 23.2 Å². The van der Waals surface area contributed by atoms with Crippen molar-refractivity contribution in [2.75, 3.05) is 7.05 Å². The van der Waals surface area contributed by atoms with Crippen LogP contribution in [0.5, 0.6) is 0 Å². The lowest BCUT2D eigenvalue weighted by molar-refractivity contribution is -0.384. The van der Waals surface area contributed by atoms with Crippen LogP contribution in [-0.4, -0.2) is 50.6 Å². The number of benzene rings is 2. The van der Waals surface area contributed by atoms with Crippen molar-refractivity contribution in [1.82, 2.24) is 19.3 Å². The fourth-order valence-corrected chi connectivity index (χ4v) is 4.55. The van der Waals surface area contributed by atoms with Gasteiger partial charge in [-0.2, -0.15) is 0 Å². The molecule has 0 spiro atoms. The number of ketones is 1. The smallest absolute Gasteiger partial charge is 0.269 e. The SMILES string of the molecule is CN1C(C(=O)/C=C/c2cn(-c3ccc([N+](=O)[O-])cc3)nn2)=C(O)c2ccccc2S1(=O)=O. The van der Waals surface area contributed by atoms with Crippen LogP contribution in [0.4, 0.5) is 5.69 Å². The number of nitro benzene ring substituents is 1. The summed E-state index contributed by atoms with van der Waals surface area (Å²) in [6.07, 6.45) is 3.88. The van der Waals surface area contributed by atoms with E-state index in [1.165, 1.54) is 66.5 Å². The number of nitro groups is 1. The number of carbonyl (C=O) groups excluding carboxylic acids is 1. The highest BCUT2D eigenvalue weighted by Gasteiger charge is 2.36. The number of aliphatic hydroxyl groups excluding tert-OH is 1. The van der Waals surface area contributed by atoms with Crippen LogP contribution in [0.15, 0.2) is 71.4 Å². The molecule has 3 aromatic rings. The van der Waals surface area contributed by atoms with Crippen LogP contribution >= 0.6 is 0 Å². The van der Waals surface area contributed by atoms with Crippen molar-refractivity contribution >= 4 is 33.3 Å². The number of aromatic nitrogens is 3. The molecule has 0 bridgehead atoms. The average molecular weight is 453 g/mol. The quantitative estimate of drug-likeness (QED) is 0.351. The highest BCUT2D eigenvalue weighted by Crippen LogP contribution is 2.34. The second-order valence-electron chi connectivity index (χ2n) is 6.72. The van der Waals surface area contributed by atoms with Gasteiger partial charge in [-0.05, 0) is 36.4 Å². The Hall–Kier alpha value is -4.32. The fraction of sp³-hybridized carbons (Fsp3) is 0.0500. The van der Waals surface area contributed by atoms with Gasteiger partial charge in [0, 0.05) is 24.7 Å². The van der Waals surface area contributed by atoms with Gasteiger partial charge in [0.25, 0.3) is 15.7 Å². The summed E-state index contributed by atoms with van der Waals surface area (Å²) in [6, 6.07) is 11.5. The van der Waals surface area contributed by atoms with Gasteiger partial charge >= 0.3 is 0 Å². The predicted molar refractivity (Wildman–Crippen MR) is 113 cm³/mol. The van der Waals surface area contributed by atoms with E-state index in [1.54, 1.807) is 6.07 Å². The number of likely N-dealkylation sites (N-methyl/N-ethyl adjacent to an activating group) is 1. The Morgan fingerprint density at radius 1 is 1.16 bits per heavy atom. The topological polar surface area (TPSA) is 149 Å². The van der Waals surface area contributed by atoms with Crippen molar-refractivity contribution in [3.63, 3.8) is 0 Å². The second kappa shape index (κ2) is 7.74. The van der Waals surface area contributed by atoms with Crippen molar-refractivity contribution in [3.05, 3.63) is 87.9 Å². The highest BCUT2D eigenvalue weighted by molar-refractivity contribution is 7.89. The van der Waals surface area contributed by atoms with E-state index in [1.807, 2.05) is 0 Å². The summed E-state index contributed by atoms with van der Waals surface area (Å²) in [5.41, 5.74) is 0.387. The van der Waals surface area contributed by atoms with Crippen molar-refractivity contribution in [3.8, 4) is 5.69 Å². The van der Waals surface area contributed by atoms with E-state index in [0.29, 0.717) is 5.69 Å². The van der Waals surface area contributed by atoms with E-state index in [2.05, 4.69) is 10.3 Å². The molecule has 4 rings (SSSR count). The average Bonchev–Trinajstić information content (AvgIpc) is 3.26. The number of nitrogens with zero attached hydrogens (tertiary/aromatic N) is 5. The predicted octanol–water partition coefficient (Wildman–Crippen LogP) is 2.32. The fourth-order valence-electron chi connectivity index (χ4n) is 3.15. The molecular formula is C20H15N5O6S. The van der Waals surface area contributed by atoms with Crippen molar-refractivity contribution in [2.24, 2.45) is 0 Å². The number of hydrogen-bond donors (Lipinski definition) is 1. The number of carbonyl (C=O) groups is 1. The maximum absolute atomic E-state index is 12.7.